The predicted molar refractivity (Wildman–Crippen MR) is 67.6 cm³/mol. The highest BCUT2D eigenvalue weighted by molar-refractivity contribution is 5.75. The van der Waals surface area contributed by atoms with E-state index < -0.39 is 0 Å². The second-order valence-electron chi connectivity index (χ2n) is 3.89. The molecule has 0 amide bonds. The van der Waals surface area contributed by atoms with Crippen molar-refractivity contribution in [2.24, 2.45) is 0 Å². The number of ketones is 1. The predicted octanol–water partition coefficient (Wildman–Crippen LogP) is 3.22. The lowest BCUT2D eigenvalue weighted by atomic mass is 10.2. The Hall–Kier alpha value is -1.51. The Morgan fingerprint density at radius 3 is 2.35 bits per heavy atom. The van der Waals surface area contributed by atoms with E-state index in [0.29, 0.717) is 19.6 Å². The molecule has 0 fully saturated rings. The maximum Gasteiger partial charge on any atom is 0.161 e. The number of unbranched alkanes of at least 4 members (excludes halogenated alkanes) is 1. The van der Waals surface area contributed by atoms with E-state index in [0.717, 1.165) is 24.3 Å². The maximum absolute atomic E-state index is 10.8. The molecule has 17 heavy (non-hydrogen) atoms. The Kier molecular flexibility index (Phi) is 6.15. The van der Waals surface area contributed by atoms with Crippen molar-refractivity contribution in [3.05, 3.63) is 24.3 Å². The van der Waals surface area contributed by atoms with Crippen molar-refractivity contribution in [3.8, 4) is 11.5 Å². The van der Waals surface area contributed by atoms with E-state index >= 15 is 0 Å². The van der Waals surface area contributed by atoms with Gasteiger partial charge in [0.2, 0.25) is 0 Å². The number of ether oxygens (including phenoxy) is 2. The average Bonchev–Trinajstić information content (AvgIpc) is 2.31. The molecule has 0 aliphatic carbocycles. The molecule has 0 atom stereocenters. The molecule has 0 saturated heterocycles. The lowest BCUT2D eigenvalue weighted by Gasteiger charge is -2.11. The minimum absolute atomic E-state index is 0.236. The van der Waals surface area contributed by atoms with Crippen LogP contribution in [0.3, 0.4) is 0 Å². The van der Waals surface area contributed by atoms with Crippen molar-refractivity contribution >= 4 is 5.78 Å². The fourth-order valence-corrected chi connectivity index (χ4v) is 1.50. The van der Waals surface area contributed by atoms with E-state index in [4.69, 9.17) is 9.47 Å². The van der Waals surface area contributed by atoms with E-state index in [-0.39, 0.29) is 5.78 Å². The molecule has 0 N–H and O–H groups in total. The molecule has 0 radical (unpaired) electrons. The van der Waals surface area contributed by atoms with Gasteiger partial charge in [0.1, 0.15) is 5.78 Å². The highest BCUT2D eigenvalue weighted by atomic mass is 16.5. The van der Waals surface area contributed by atoms with Crippen molar-refractivity contribution in [1.82, 2.24) is 0 Å². The molecule has 0 aliphatic rings. The van der Waals surface area contributed by atoms with Gasteiger partial charge in [0, 0.05) is 6.42 Å². The molecule has 0 heterocycles. The van der Waals surface area contributed by atoms with Crippen LogP contribution in [0.4, 0.5) is 0 Å². The number of Topliss-reactive ketones (excluding diaryl/α,β-unsaturated/α-hetero) is 1. The molecule has 1 aromatic rings. The number of rotatable bonds is 8. The van der Waals surface area contributed by atoms with Crippen LogP contribution < -0.4 is 9.47 Å². The van der Waals surface area contributed by atoms with Crippen LogP contribution in [0.25, 0.3) is 0 Å². The number of carbonyl (C=O) groups is 1. The number of hydrogen-bond acceptors (Lipinski definition) is 3. The van der Waals surface area contributed by atoms with Gasteiger partial charge >= 0.3 is 0 Å². The third-order valence-corrected chi connectivity index (χ3v) is 2.33. The standard InChI is InChI=1S/C14H20O3/c1-3-16-13-9-4-5-10-14(13)17-11-7-6-8-12(2)15/h4-5,9-10H,3,6-8,11H2,1-2H3. The number of para-hydroxylation sites is 2. The van der Waals surface area contributed by atoms with Gasteiger partial charge in [-0.2, -0.15) is 0 Å². The third-order valence-electron chi connectivity index (χ3n) is 2.33. The molecule has 0 aliphatic heterocycles. The fourth-order valence-electron chi connectivity index (χ4n) is 1.50. The van der Waals surface area contributed by atoms with Gasteiger partial charge in [-0.3, -0.25) is 0 Å². The van der Waals surface area contributed by atoms with Crippen LogP contribution in [0.1, 0.15) is 33.1 Å². The molecule has 0 bridgehead atoms. The second kappa shape index (κ2) is 7.71. The molecule has 0 aromatic heterocycles. The summed E-state index contributed by atoms with van der Waals surface area (Å²) in [5, 5.41) is 0. The van der Waals surface area contributed by atoms with Gasteiger partial charge in [0.15, 0.2) is 11.5 Å². The highest BCUT2D eigenvalue weighted by Gasteiger charge is 2.02. The molecule has 0 spiro atoms. The fraction of sp³-hybridized carbons (Fsp3) is 0.500. The van der Waals surface area contributed by atoms with Crippen LogP contribution >= 0.6 is 0 Å². The molecular formula is C14H20O3. The third kappa shape index (κ3) is 5.38. The maximum atomic E-state index is 10.8. The van der Waals surface area contributed by atoms with E-state index in [2.05, 4.69) is 0 Å². The van der Waals surface area contributed by atoms with Gasteiger partial charge in [0.05, 0.1) is 13.2 Å². The molecule has 0 saturated carbocycles. The lowest BCUT2D eigenvalue weighted by molar-refractivity contribution is -0.117. The van der Waals surface area contributed by atoms with Crippen LogP contribution in [0, 0.1) is 0 Å². The van der Waals surface area contributed by atoms with Crippen molar-refractivity contribution in [1.29, 1.82) is 0 Å². The summed E-state index contributed by atoms with van der Waals surface area (Å²) in [6.45, 7) is 4.82. The first-order chi connectivity index (χ1) is 8.24. The first-order valence-electron chi connectivity index (χ1n) is 6.08. The van der Waals surface area contributed by atoms with Crippen molar-refractivity contribution in [2.45, 2.75) is 33.1 Å². The van der Waals surface area contributed by atoms with E-state index in [1.54, 1.807) is 6.92 Å². The zero-order valence-corrected chi connectivity index (χ0v) is 10.6. The van der Waals surface area contributed by atoms with Crippen LogP contribution in [-0.2, 0) is 4.79 Å². The Morgan fingerprint density at radius 1 is 1.12 bits per heavy atom. The van der Waals surface area contributed by atoms with Crippen molar-refractivity contribution in [3.63, 3.8) is 0 Å². The SMILES string of the molecule is CCOc1ccccc1OCCCCC(C)=O. The van der Waals surface area contributed by atoms with Gasteiger partial charge in [-0.15, -0.1) is 0 Å². The summed E-state index contributed by atoms with van der Waals surface area (Å²) in [6, 6.07) is 7.64. The second-order valence-corrected chi connectivity index (χ2v) is 3.89. The Bertz CT molecular complexity index is 347. The Labute approximate surface area is 103 Å². The number of benzene rings is 1. The largest absolute Gasteiger partial charge is 0.490 e. The summed E-state index contributed by atoms with van der Waals surface area (Å²) in [4.78, 5) is 10.8. The van der Waals surface area contributed by atoms with Crippen LogP contribution in [0.15, 0.2) is 24.3 Å². The first-order valence-corrected chi connectivity index (χ1v) is 6.08. The molecule has 3 nitrogen and oxygen atoms in total. The summed E-state index contributed by atoms with van der Waals surface area (Å²) < 4.78 is 11.1. The van der Waals surface area contributed by atoms with Crippen LogP contribution in [0.2, 0.25) is 0 Å². The topological polar surface area (TPSA) is 35.5 Å². The summed E-state index contributed by atoms with van der Waals surface area (Å²) >= 11 is 0. The summed E-state index contributed by atoms with van der Waals surface area (Å²) in [5.74, 6) is 1.79. The summed E-state index contributed by atoms with van der Waals surface area (Å²) in [7, 11) is 0. The zero-order chi connectivity index (χ0) is 12.5. The lowest BCUT2D eigenvalue weighted by Crippen LogP contribution is -2.01. The van der Waals surface area contributed by atoms with Crippen LogP contribution in [-0.4, -0.2) is 19.0 Å². The van der Waals surface area contributed by atoms with Crippen molar-refractivity contribution < 1.29 is 14.3 Å². The minimum atomic E-state index is 0.236. The Morgan fingerprint density at radius 2 is 1.76 bits per heavy atom. The number of hydrogen-bond donors (Lipinski definition) is 0. The van der Waals surface area contributed by atoms with E-state index in [1.807, 2.05) is 31.2 Å². The molecule has 1 rings (SSSR count). The van der Waals surface area contributed by atoms with E-state index in [1.165, 1.54) is 0 Å². The monoisotopic (exact) mass is 236 g/mol. The molecule has 0 unspecified atom stereocenters. The summed E-state index contributed by atoms with van der Waals surface area (Å²) in [6.07, 6.45) is 2.41. The van der Waals surface area contributed by atoms with Gasteiger partial charge in [-0.1, -0.05) is 12.1 Å². The molecular weight excluding hydrogens is 216 g/mol. The normalized spacial score (nSPS) is 10.0. The quantitative estimate of drug-likeness (QED) is 0.650. The van der Waals surface area contributed by atoms with Crippen molar-refractivity contribution in [2.75, 3.05) is 13.2 Å². The average molecular weight is 236 g/mol. The first kappa shape index (κ1) is 13.6. The molecule has 94 valence electrons. The molecule has 3 heteroatoms. The van der Waals surface area contributed by atoms with E-state index in [9.17, 15) is 4.79 Å². The van der Waals surface area contributed by atoms with Crippen LogP contribution in [0.5, 0.6) is 11.5 Å². The number of carbonyl (C=O) groups excluding carboxylic acids is 1. The minimum Gasteiger partial charge on any atom is -0.490 e. The molecule has 1 aromatic carbocycles. The Balaban J connectivity index is 2.33. The van der Waals surface area contributed by atoms with Gasteiger partial charge in [-0.25, -0.2) is 0 Å². The van der Waals surface area contributed by atoms with Gasteiger partial charge in [0.25, 0.3) is 0 Å². The van der Waals surface area contributed by atoms with Gasteiger partial charge in [-0.05, 0) is 38.8 Å². The summed E-state index contributed by atoms with van der Waals surface area (Å²) in [5.41, 5.74) is 0. The highest BCUT2D eigenvalue weighted by Crippen LogP contribution is 2.26. The zero-order valence-electron chi connectivity index (χ0n) is 10.6. The smallest absolute Gasteiger partial charge is 0.161 e. The van der Waals surface area contributed by atoms with Gasteiger partial charge < -0.3 is 14.3 Å².